The van der Waals surface area contributed by atoms with Crippen LogP contribution in [0.15, 0.2) is 15.0 Å². The van der Waals surface area contributed by atoms with Crippen LogP contribution in [0.1, 0.15) is 53.0 Å². The van der Waals surface area contributed by atoms with Crippen molar-refractivity contribution in [2.24, 2.45) is 0 Å². The minimum atomic E-state index is -0.609. The van der Waals surface area contributed by atoms with Crippen molar-refractivity contribution in [1.29, 1.82) is 0 Å². The Bertz CT molecular complexity index is 691. The molecule has 3 heterocycles. The molecule has 118 valence electrons. The Morgan fingerprint density at radius 3 is 2.86 bits per heavy atom. The Balaban J connectivity index is 1.90. The van der Waals surface area contributed by atoms with Gasteiger partial charge in [-0.3, -0.25) is 4.79 Å². The van der Waals surface area contributed by atoms with E-state index in [1.165, 1.54) is 0 Å². The molecule has 0 unspecified atom stereocenters. The molecule has 1 aliphatic rings. The number of aromatic nitrogens is 2. The van der Waals surface area contributed by atoms with Crippen LogP contribution in [0, 0.1) is 13.8 Å². The number of rotatable bonds is 3. The smallest absolute Gasteiger partial charge is 0.290 e. The molecule has 2 aromatic rings. The van der Waals surface area contributed by atoms with Crippen molar-refractivity contribution < 1.29 is 18.8 Å². The van der Waals surface area contributed by atoms with Gasteiger partial charge in [-0.15, -0.1) is 0 Å². The number of aliphatic hydroxyl groups excluding tert-OH is 1. The van der Waals surface area contributed by atoms with E-state index in [4.69, 9.17) is 8.94 Å². The molecule has 7 heteroatoms. The van der Waals surface area contributed by atoms with Gasteiger partial charge in [0.25, 0.3) is 5.91 Å². The van der Waals surface area contributed by atoms with Crippen LogP contribution in [0.4, 0.5) is 0 Å². The first-order valence-electron chi connectivity index (χ1n) is 7.38. The topological polar surface area (TPSA) is 92.6 Å². The molecule has 0 bridgehead atoms. The number of β-amino-alcohol motifs (C(OH)–C–C–N with tert-alkyl or cyclic N) is 1. The van der Waals surface area contributed by atoms with E-state index in [-0.39, 0.29) is 12.5 Å². The van der Waals surface area contributed by atoms with Crippen molar-refractivity contribution >= 4 is 5.91 Å². The molecule has 1 saturated heterocycles. The highest BCUT2D eigenvalue weighted by atomic mass is 16.5. The van der Waals surface area contributed by atoms with Crippen LogP contribution in [0.5, 0.6) is 0 Å². The number of aliphatic hydroxyl groups is 1. The standard InChI is InChI=1S/C15H19N3O4/c1-4-11-5-8(2)13(21-11)15(20)18-7-10(19)6-12(18)14-16-9(3)17-22-14/h5,10,12,19H,4,6-7H2,1-3H3/t10-,12-/m1/s1. The van der Waals surface area contributed by atoms with Gasteiger partial charge < -0.3 is 18.9 Å². The summed E-state index contributed by atoms with van der Waals surface area (Å²) in [6, 6.07) is 1.45. The van der Waals surface area contributed by atoms with Gasteiger partial charge in [0.05, 0.1) is 6.10 Å². The van der Waals surface area contributed by atoms with Gasteiger partial charge in [0.15, 0.2) is 11.6 Å². The zero-order valence-electron chi connectivity index (χ0n) is 12.9. The highest BCUT2D eigenvalue weighted by molar-refractivity contribution is 5.93. The van der Waals surface area contributed by atoms with Gasteiger partial charge in [0, 0.05) is 24.9 Å². The van der Waals surface area contributed by atoms with E-state index in [0.717, 1.165) is 17.7 Å². The average molecular weight is 305 g/mol. The second kappa shape index (κ2) is 5.57. The molecule has 1 N–H and O–H groups in total. The Labute approximate surface area is 127 Å². The maximum Gasteiger partial charge on any atom is 0.290 e. The van der Waals surface area contributed by atoms with Crippen LogP contribution >= 0.6 is 0 Å². The zero-order chi connectivity index (χ0) is 15.9. The lowest BCUT2D eigenvalue weighted by molar-refractivity contribution is 0.0658. The summed E-state index contributed by atoms with van der Waals surface area (Å²) in [6.07, 6.45) is 0.499. The van der Waals surface area contributed by atoms with Crippen molar-refractivity contribution in [3.05, 3.63) is 34.9 Å². The molecule has 0 aliphatic carbocycles. The first-order chi connectivity index (χ1) is 10.5. The van der Waals surface area contributed by atoms with Crippen LogP contribution in [-0.2, 0) is 6.42 Å². The Morgan fingerprint density at radius 2 is 2.27 bits per heavy atom. The summed E-state index contributed by atoms with van der Waals surface area (Å²) in [6.45, 7) is 5.76. The average Bonchev–Trinajstić information content (AvgIpc) is 3.16. The van der Waals surface area contributed by atoms with Crippen LogP contribution in [0.2, 0.25) is 0 Å². The van der Waals surface area contributed by atoms with Crippen molar-refractivity contribution in [2.75, 3.05) is 6.54 Å². The maximum absolute atomic E-state index is 12.8. The molecule has 2 atom stereocenters. The second-order valence-electron chi connectivity index (χ2n) is 5.62. The second-order valence-corrected chi connectivity index (χ2v) is 5.62. The normalized spacial score (nSPS) is 21.5. The van der Waals surface area contributed by atoms with E-state index in [0.29, 0.717) is 23.9 Å². The number of furan rings is 1. The number of hydrogen-bond donors (Lipinski definition) is 1. The van der Waals surface area contributed by atoms with Gasteiger partial charge in [0.2, 0.25) is 5.89 Å². The van der Waals surface area contributed by atoms with Gasteiger partial charge in [-0.05, 0) is 19.9 Å². The van der Waals surface area contributed by atoms with Gasteiger partial charge in [0.1, 0.15) is 11.8 Å². The monoisotopic (exact) mass is 305 g/mol. The molecule has 7 nitrogen and oxygen atoms in total. The van der Waals surface area contributed by atoms with E-state index in [1.807, 2.05) is 19.9 Å². The van der Waals surface area contributed by atoms with E-state index in [1.54, 1.807) is 11.8 Å². The van der Waals surface area contributed by atoms with E-state index >= 15 is 0 Å². The molecule has 2 aromatic heterocycles. The predicted octanol–water partition coefficient (Wildman–Crippen LogP) is 1.79. The summed E-state index contributed by atoms with van der Waals surface area (Å²) in [7, 11) is 0. The molecule has 0 spiro atoms. The van der Waals surface area contributed by atoms with Gasteiger partial charge >= 0.3 is 0 Å². The molecule has 0 radical (unpaired) electrons. The summed E-state index contributed by atoms with van der Waals surface area (Å²) in [5, 5.41) is 13.7. The lowest BCUT2D eigenvalue weighted by Crippen LogP contribution is -2.32. The van der Waals surface area contributed by atoms with Crippen LogP contribution < -0.4 is 0 Å². The van der Waals surface area contributed by atoms with Crippen molar-refractivity contribution in [3.63, 3.8) is 0 Å². The predicted molar refractivity (Wildman–Crippen MR) is 76.3 cm³/mol. The molecule has 0 saturated carbocycles. The molecular formula is C15H19N3O4. The van der Waals surface area contributed by atoms with Crippen LogP contribution in [0.3, 0.4) is 0 Å². The third kappa shape index (κ3) is 2.52. The largest absolute Gasteiger partial charge is 0.456 e. The third-order valence-electron chi connectivity index (χ3n) is 3.88. The molecule has 22 heavy (non-hydrogen) atoms. The van der Waals surface area contributed by atoms with Gasteiger partial charge in [-0.1, -0.05) is 12.1 Å². The van der Waals surface area contributed by atoms with Gasteiger partial charge in [-0.2, -0.15) is 4.98 Å². The number of amides is 1. The number of carbonyl (C=O) groups excluding carboxylic acids is 1. The SMILES string of the molecule is CCc1cc(C)c(C(=O)N2C[C@H](O)C[C@@H]2c2nc(C)no2)o1. The molecule has 1 fully saturated rings. The summed E-state index contributed by atoms with van der Waals surface area (Å²) in [5.74, 6) is 1.68. The fourth-order valence-electron chi connectivity index (χ4n) is 2.79. The zero-order valence-corrected chi connectivity index (χ0v) is 12.9. The molecule has 1 amide bonds. The van der Waals surface area contributed by atoms with Crippen molar-refractivity contribution in [3.8, 4) is 0 Å². The van der Waals surface area contributed by atoms with Crippen molar-refractivity contribution in [2.45, 2.75) is 45.8 Å². The fraction of sp³-hybridized carbons (Fsp3) is 0.533. The highest BCUT2D eigenvalue weighted by Gasteiger charge is 2.40. The first kappa shape index (κ1) is 14.8. The Hall–Kier alpha value is -2.15. The summed E-state index contributed by atoms with van der Waals surface area (Å²) in [4.78, 5) is 18.5. The third-order valence-corrected chi connectivity index (χ3v) is 3.88. The molecular weight excluding hydrogens is 286 g/mol. The van der Waals surface area contributed by atoms with Gasteiger partial charge in [-0.25, -0.2) is 0 Å². The Kier molecular flexibility index (Phi) is 3.74. The van der Waals surface area contributed by atoms with Crippen molar-refractivity contribution in [1.82, 2.24) is 15.0 Å². The maximum atomic E-state index is 12.8. The number of carbonyl (C=O) groups is 1. The van der Waals surface area contributed by atoms with E-state index < -0.39 is 12.1 Å². The minimum absolute atomic E-state index is 0.229. The number of hydrogen-bond acceptors (Lipinski definition) is 6. The van der Waals surface area contributed by atoms with E-state index in [9.17, 15) is 9.90 Å². The lowest BCUT2D eigenvalue weighted by Gasteiger charge is -2.20. The first-order valence-corrected chi connectivity index (χ1v) is 7.38. The van der Waals surface area contributed by atoms with E-state index in [2.05, 4.69) is 10.1 Å². The number of nitrogens with zero attached hydrogens (tertiary/aromatic N) is 3. The molecule has 3 rings (SSSR count). The summed E-state index contributed by atoms with van der Waals surface area (Å²) < 4.78 is 10.8. The molecule has 0 aromatic carbocycles. The minimum Gasteiger partial charge on any atom is -0.456 e. The molecule has 1 aliphatic heterocycles. The summed E-state index contributed by atoms with van der Waals surface area (Å²) >= 11 is 0. The van der Waals surface area contributed by atoms with Crippen LogP contribution in [0.25, 0.3) is 0 Å². The van der Waals surface area contributed by atoms with Crippen LogP contribution in [-0.4, -0.2) is 38.7 Å². The number of aryl methyl sites for hydroxylation is 3. The number of likely N-dealkylation sites (tertiary alicyclic amines) is 1. The summed E-state index contributed by atoms with van der Waals surface area (Å²) in [5.41, 5.74) is 0.795. The quantitative estimate of drug-likeness (QED) is 0.929. The highest BCUT2D eigenvalue weighted by Crippen LogP contribution is 2.33. The lowest BCUT2D eigenvalue weighted by atomic mass is 10.2. The Morgan fingerprint density at radius 1 is 1.50 bits per heavy atom. The fourth-order valence-corrected chi connectivity index (χ4v) is 2.79.